The SMILES string of the molecule is CC(=O)Nc1cccc(C(C)NCC(C)(O)c2cc(C)oc2C)c1. The van der Waals surface area contributed by atoms with Crippen LogP contribution in [0.5, 0.6) is 0 Å². The minimum atomic E-state index is -1.02. The molecule has 1 amide bonds. The van der Waals surface area contributed by atoms with E-state index < -0.39 is 5.60 Å². The predicted molar refractivity (Wildman–Crippen MR) is 94.9 cm³/mol. The molecule has 1 aromatic heterocycles. The molecule has 2 rings (SSSR count). The topological polar surface area (TPSA) is 74.5 Å². The van der Waals surface area contributed by atoms with Crippen molar-refractivity contribution in [1.82, 2.24) is 5.32 Å². The number of carbonyl (C=O) groups is 1. The summed E-state index contributed by atoms with van der Waals surface area (Å²) in [5.74, 6) is 1.43. The van der Waals surface area contributed by atoms with Crippen LogP contribution in [0.3, 0.4) is 0 Å². The van der Waals surface area contributed by atoms with E-state index in [1.807, 2.05) is 51.1 Å². The van der Waals surface area contributed by atoms with Gasteiger partial charge in [0.2, 0.25) is 5.91 Å². The van der Waals surface area contributed by atoms with Crippen molar-refractivity contribution < 1.29 is 14.3 Å². The standard InChI is InChI=1S/C19H26N2O3/c1-12-9-18(14(3)24-12)19(5,23)11-20-13(2)16-7-6-8-17(10-16)21-15(4)22/h6-10,13,20,23H,11H2,1-5H3,(H,21,22). The molecule has 0 aliphatic carbocycles. The summed E-state index contributed by atoms with van der Waals surface area (Å²) in [7, 11) is 0. The summed E-state index contributed by atoms with van der Waals surface area (Å²) in [5.41, 5.74) is 1.58. The van der Waals surface area contributed by atoms with E-state index in [1.165, 1.54) is 6.92 Å². The molecule has 1 aromatic carbocycles. The summed E-state index contributed by atoms with van der Waals surface area (Å²) in [6.45, 7) is 9.40. The normalized spacial score (nSPS) is 14.9. The third kappa shape index (κ3) is 4.46. The van der Waals surface area contributed by atoms with E-state index >= 15 is 0 Å². The lowest BCUT2D eigenvalue weighted by Crippen LogP contribution is -2.36. The summed E-state index contributed by atoms with van der Waals surface area (Å²) in [6.07, 6.45) is 0. The number of aryl methyl sites for hydroxylation is 2. The highest BCUT2D eigenvalue weighted by atomic mass is 16.3. The van der Waals surface area contributed by atoms with E-state index in [1.54, 1.807) is 6.92 Å². The lowest BCUT2D eigenvalue weighted by Gasteiger charge is -2.26. The molecule has 0 spiro atoms. The Hall–Kier alpha value is -2.11. The number of hydrogen-bond donors (Lipinski definition) is 3. The zero-order valence-corrected chi connectivity index (χ0v) is 14.9. The average Bonchev–Trinajstić information content (AvgIpc) is 2.84. The smallest absolute Gasteiger partial charge is 0.221 e. The highest BCUT2D eigenvalue weighted by molar-refractivity contribution is 5.88. The lowest BCUT2D eigenvalue weighted by molar-refractivity contribution is -0.114. The number of rotatable bonds is 6. The number of hydrogen-bond acceptors (Lipinski definition) is 4. The maximum absolute atomic E-state index is 11.2. The van der Waals surface area contributed by atoms with Gasteiger partial charge >= 0.3 is 0 Å². The molecular formula is C19H26N2O3. The first-order valence-corrected chi connectivity index (χ1v) is 8.10. The summed E-state index contributed by atoms with van der Waals surface area (Å²) in [6, 6.07) is 9.58. The van der Waals surface area contributed by atoms with Crippen LogP contribution in [-0.2, 0) is 10.4 Å². The summed E-state index contributed by atoms with van der Waals surface area (Å²) in [4.78, 5) is 11.2. The zero-order chi connectivity index (χ0) is 17.9. The Labute approximate surface area is 143 Å². The molecule has 0 aliphatic heterocycles. The summed E-state index contributed by atoms with van der Waals surface area (Å²) < 4.78 is 5.52. The van der Waals surface area contributed by atoms with Crippen LogP contribution < -0.4 is 10.6 Å². The van der Waals surface area contributed by atoms with Gasteiger partial charge in [0.1, 0.15) is 17.1 Å². The molecule has 2 unspecified atom stereocenters. The molecule has 1 heterocycles. The maximum atomic E-state index is 11.2. The molecule has 0 bridgehead atoms. The van der Waals surface area contributed by atoms with Crippen molar-refractivity contribution in [3.63, 3.8) is 0 Å². The van der Waals surface area contributed by atoms with E-state index in [4.69, 9.17) is 4.42 Å². The number of amides is 1. The second kappa shape index (κ2) is 7.20. The quantitative estimate of drug-likeness (QED) is 0.759. The lowest BCUT2D eigenvalue weighted by atomic mass is 9.95. The molecule has 0 saturated carbocycles. The molecule has 5 nitrogen and oxygen atoms in total. The van der Waals surface area contributed by atoms with Crippen LogP contribution in [0, 0.1) is 13.8 Å². The average molecular weight is 330 g/mol. The van der Waals surface area contributed by atoms with Gasteiger partial charge in [-0.05, 0) is 51.5 Å². The Kier molecular flexibility index (Phi) is 5.47. The fraction of sp³-hybridized carbons (Fsp3) is 0.421. The molecule has 0 aliphatic rings. The highest BCUT2D eigenvalue weighted by Gasteiger charge is 2.28. The second-order valence-electron chi connectivity index (χ2n) is 6.51. The third-order valence-electron chi connectivity index (χ3n) is 4.08. The number of benzene rings is 1. The third-order valence-corrected chi connectivity index (χ3v) is 4.08. The summed E-state index contributed by atoms with van der Waals surface area (Å²) >= 11 is 0. The van der Waals surface area contributed by atoms with Crippen LogP contribution in [0.25, 0.3) is 0 Å². The maximum Gasteiger partial charge on any atom is 0.221 e. The largest absolute Gasteiger partial charge is 0.466 e. The van der Waals surface area contributed by atoms with Gasteiger partial charge in [-0.1, -0.05) is 12.1 Å². The van der Waals surface area contributed by atoms with Crippen molar-refractivity contribution in [2.24, 2.45) is 0 Å². The van der Waals surface area contributed by atoms with Crippen LogP contribution >= 0.6 is 0 Å². The molecule has 2 aromatic rings. The molecule has 130 valence electrons. The fourth-order valence-electron chi connectivity index (χ4n) is 2.82. The van der Waals surface area contributed by atoms with E-state index in [2.05, 4.69) is 10.6 Å². The van der Waals surface area contributed by atoms with Gasteiger partial charge in [0.25, 0.3) is 0 Å². The Morgan fingerprint density at radius 2 is 2.04 bits per heavy atom. The first-order valence-electron chi connectivity index (χ1n) is 8.10. The van der Waals surface area contributed by atoms with Crippen LogP contribution in [-0.4, -0.2) is 17.6 Å². The number of aliphatic hydroxyl groups is 1. The van der Waals surface area contributed by atoms with Crippen LogP contribution in [0.1, 0.15) is 49.5 Å². The Morgan fingerprint density at radius 3 is 2.62 bits per heavy atom. The monoisotopic (exact) mass is 330 g/mol. The molecule has 0 saturated heterocycles. The Morgan fingerprint density at radius 1 is 1.33 bits per heavy atom. The minimum Gasteiger partial charge on any atom is -0.466 e. The van der Waals surface area contributed by atoms with Gasteiger partial charge in [0.05, 0.1) is 0 Å². The number of nitrogens with one attached hydrogen (secondary N) is 2. The van der Waals surface area contributed by atoms with E-state index in [0.29, 0.717) is 6.54 Å². The highest BCUT2D eigenvalue weighted by Crippen LogP contribution is 2.27. The second-order valence-corrected chi connectivity index (χ2v) is 6.51. The van der Waals surface area contributed by atoms with Crippen molar-refractivity contribution in [2.45, 2.75) is 46.3 Å². The Balaban J connectivity index is 2.05. The van der Waals surface area contributed by atoms with Crippen molar-refractivity contribution in [1.29, 1.82) is 0 Å². The molecule has 2 atom stereocenters. The fourth-order valence-corrected chi connectivity index (χ4v) is 2.82. The van der Waals surface area contributed by atoms with Crippen LogP contribution in [0.4, 0.5) is 5.69 Å². The van der Waals surface area contributed by atoms with Crippen molar-refractivity contribution in [2.75, 3.05) is 11.9 Å². The number of carbonyl (C=O) groups excluding carboxylic acids is 1. The number of furan rings is 1. The van der Waals surface area contributed by atoms with Gasteiger partial charge in [-0.3, -0.25) is 4.79 Å². The van der Waals surface area contributed by atoms with Crippen molar-refractivity contribution in [3.8, 4) is 0 Å². The van der Waals surface area contributed by atoms with Gasteiger partial charge in [0, 0.05) is 30.8 Å². The summed E-state index contributed by atoms with van der Waals surface area (Å²) in [5, 5.41) is 16.9. The first kappa shape index (κ1) is 18.2. The van der Waals surface area contributed by atoms with Gasteiger partial charge < -0.3 is 20.2 Å². The molecule has 3 N–H and O–H groups in total. The molecule has 0 radical (unpaired) electrons. The van der Waals surface area contributed by atoms with Crippen LogP contribution in [0.2, 0.25) is 0 Å². The van der Waals surface area contributed by atoms with E-state index in [0.717, 1.165) is 28.3 Å². The molecule has 24 heavy (non-hydrogen) atoms. The first-order chi connectivity index (χ1) is 11.2. The minimum absolute atomic E-state index is 0.0264. The molecular weight excluding hydrogens is 304 g/mol. The van der Waals surface area contributed by atoms with Gasteiger partial charge in [0.15, 0.2) is 0 Å². The predicted octanol–water partition coefficient (Wildman–Crippen LogP) is 3.41. The van der Waals surface area contributed by atoms with E-state index in [9.17, 15) is 9.90 Å². The van der Waals surface area contributed by atoms with Crippen molar-refractivity contribution >= 4 is 11.6 Å². The Bertz CT molecular complexity index is 719. The zero-order valence-electron chi connectivity index (χ0n) is 14.9. The van der Waals surface area contributed by atoms with Crippen molar-refractivity contribution in [3.05, 3.63) is 53.0 Å². The van der Waals surface area contributed by atoms with E-state index in [-0.39, 0.29) is 11.9 Å². The molecule has 0 fully saturated rings. The van der Waals surface area contributed by atoms with Gasteiger partial charge in [-0.2, -0.15) is 0 Å². The van der Waals surface area contributed by atoms with Crippen LogP contribution in [0.15, 0.2) is 34.7 Å². The van der Waals surface area contributed by atoms with Gasteiger partial charge in [-0.25, -0.2) is 0 Å². The van der Waals surface area contributed by atoms with Gasteiger partial charge in [-0.15, -0.1) is 0 Å². The number of anilines is 1. The molecule has 5 heteroatoms.